The highest BCUT2D eigenvalue weighted by Gasteiger charge is 2.15. The quantitative estimate of drug-likeness (QED) is 0.224. The number of aromatic nitrogens is 2. The van der Waals surface area contributed by atoms with E-state index in [4.69, 9.17) is 26.1 Å². The van der Waals surface area contributed by atoms with Gasteiger partial charge in [0.15, 0.2) is 5.16 Å². The SMILES string of the molecule is CCOCCCn1c(SCc2ccc(F)cc2Cl)nc2cc(C(=O)OCC)ccc21. The molecule has 1 aromatic heterocycles. The molecule has 3 aromatic rings. The average molecular weight is 451 g/mol. The fraction of sp³-hybridized carbons (Fsp3) is 0.364. The first-order valence-corrected chi connectivity index (χ1v) is 11.2. The van der Waals surface area contributed by atoms with E-state index in [-0.39, 0.29) is 11.8 Å². The summed E-state index contributed by atoms with van der Waals surface area (Å²) in [5.41, 5.74) is 2.97. The Morgan fingerprint density at radius 2 is 2.03 bits per heavy atom. The number of imidazole rings is 1. The number of hydrogen-bond acceptors (Lipinski definition) is 5. The third kappa shape index (κ3) is 5.53. The van der Waals surface area contributed by atoms with E-state index < -0.39 is 0 Å². The van der Waals surface area contributed by atoms with Gasteiger partial charge >= 0.3 is 5.97 Å². The highest BCUT2D eigenvalue weighted by atomic mass is 35.5. The Morgan fingerprint density at radius 3 is 2.77 bits per heavy atom. The van der Waals surface area contributed by atoms with Crippen molar-refractivity contribution in [2.24, 2.45) is 0 Å². The summed E-state index contributed by atoms with van der Waals surface area (Å²) < 4.78 is 26.0. The van der Waals surface area contributed by atoms with Crippen LogP contribution in [0.1, 0.15) is 36.2 Å². The number of fused-ring (bicyclic) bond motifs is 1. The monoisotopic (exact) mass is 450 g/mol. The van der Waals surface area contributed by atoms with Crippen molar-refractivity contribution in [3.05, 3.63) is 58.4 Å². The van der Waals surface area contributed by atoms with Gasteiger partial charge in [0, 0.05) is 30.5 Å². The average Bonchev–Trinajstić information content (AvgIpc) is 3.07. The van der Waals surface area contributed by atoms with Crippen LogP contribution < -0.4 is 0 Å². The van der Waals surface area contributed by atoms with Crippen LogP contribution in [0.2, 0.25) is 5.02 Å². The Kier molecular flexibility index (Phi) is 8.13. The summed E-state index contributed by atoms with van der Waals surface area (Å²) in [5.74, 6) is -0.167. The fourth-order valence-electron chi connectivity index (χ4n) is 3.03. The normalized spacial score (nSPS) is 11.2. The Morgan fingerprint density at radius 1 is 1.20 bits per heavy atom. The van der Waals surface area contributed by atoms with E-state index in [2.05, 4.69) is 4.57 Å². The molecule has 30 heavy (non-hydrogen) atoms. The molecule has 0 aliphatic heterocycles. The van der Waals surface area contributed by atoms with Crippen LogP contribution in [0, 0.1) is 5.82 Å². The van der Waals surface area contributed by atoms with Crippen LogP contribution in [-0.2, 0) is 21.8 Å². The van der Waals surface area contributed by atoms with Crippen molar-refractivity contribution in [3.8, 4) is 0 Å². The molecule has 0 aliphatic rings. The van der Waals surface area contributed by atoms with Gasteiger partial charge in [-0.05, 0) is 56.2 Å². The van der Waals surface area contributed by atoms with E-state index >= 15 is 0 Å². The van der Waals surface area contributed by atoms with Crippen molar-refractivity contribution < 1.29 is 18.7 Å². The molecule has 0 saturated heterocycles. The molecule has 0 unspecified atom stereocenters. The number of nitrogens with zero attached hydrogens (tertiary/aromatic N) is 2. The number of halogens is 2. The number of aryl methyl sites for hydroxylation is 1. The van der Waals surface area contributed by atoms with Gasteiger partial charge in [-0.1, -0.05) is 29.4 Å². The van der Waals surface area contributed by atoms with Crippen molar-refractivity contribution in [1.29, 1.82) is 0 Å². The first-order chi connectivity index (χ1) is 14.5. The Balaban J connectivity index is 1.87. The van der Waals surface area contributed by atoms with E-state index in [0.29, 0.717) is 36.2 Å². The maximum atomic E-state index is 13.3. The summed E-state index contributed by atoms with van der Waals surface area (Å²) >= 11 is 7.69. The minimum atomic E-state index is -0.363. The van der Waals surface area contributed by atoms with Crippen molar-refractivity contribution in [2.75, 3.05) is 19.8 Å². The summed E-state index contributed by atoms with van der Waals surface area (Å²) in [6.07, 6.45) is 0.837. The summed E-state index contributed by atoms with van der Waals surface area (Å²) in [6, 6.07) is 9.80. The molecule has 0 atom stereocenters. The van der Waals surface area contributed by atoms with Crippen LogP contribution in [0.15, 0.2) is 41.6 Å². The van der Waals surface area contributed by atoms with Crippen LogP contribution in [0.25, 0.3) is 11.0 Å². The van der Waals surface area contributed by atoms with Gasteiger partial charge in [0.2, 0.25) is 0 Å². The molecule has 0 spiro atoms. The Hall–Kier alpha value is -2.09. The number of esters is 1. The van der Waals surface area contributed by atoms with Gasteiger partial charge in [-0.25, -0.2) is 14.2 Å². The minimum Gasteiger partial charge on any atom is -0.462 e. The zero-order chi connectivity index (χ0) is 21.5. The number of hydrogen-bond donors (Lipinski definition) is 0. The number of carbonyl (C=O) groups is 1. The van der Waals surface area contributed by atoms with Crippen molar-refractivity contribution in [1.82, 2.24) is 9.55 Å². The van der Waals surface area contributed by atoms with Crippen LogP contribution in [-0.4, -0.2) is 35.3 Å². The highest BCUT2D eigenvalue weighted by Crippen LogP contribution is 2.30. The Labute approximate surface area is 184 Å². The summed E-state index contributed by atoms with van der Waals surface area (Å²) in [4.78, 5) is 16.8. The molecule has 0 aliphatic carbocycles. The van der Waals surface area contributed by atoms with Crippen LogP contribution >= 0.6 is 23.4 Å². The molecule has 0 N–H and O–H groups in total. The molecular formula is C22H24ClFN2O3S. The largest absolute Gasteiger partial charge is 0.462 e. The zero-order valence-corrected chi connectivity index (χ0v) is 18.6. The fourth-order valence-corrected chi connectivity index (χ4v) is 4.38. The van der Waals surface area contributed by atoms with Crippen LogP contribution in [0.4, 0.5) is 4.39 Å². The molecular weight excluding hydrogens is 427 g/mol. The lowest BCUT2D eigenvalue weighted by molar-refractivity contribution is 0.0526. The van der Waals surface area contributed by atoms with Crippen molar-refractivity contribution in [2.45, 2.75) is 37.7 Å². The topological polar surface area (TPSA) is 53.4 Å². The molecule has 8 heteroatoms. The Bertz CT molecular complexity index is 1030. The van der Waals surface area contributed by atoms with Gasteiger partial charge < -0.3 is 14.0 Å². The number of rotatable bonds is 10. The third-order valence-corrected chi connectivity index (χ3v) is 5.85. The van der Waals surface area contributed by atoms with E-state index in [9.17, 15) is 9.18 Å². The standard InChI is InChI=1S/C22H24ClFN2O3S/c1-3-28-11-5-10-26-20-9-7-15(21(27)29-4-2)12-19(20)25-22(26)30-14-16-6-8-17(24)13-18(16)23/h6-9,12-13H,3-5,10-11,14H2,1-2H3. The first kappa shape index (κ1) is 22.6. The van der Waals surface area contributed by atoms with Gasteiger partial charge in [-0.2, -0.15) is 0 Å². The molecule has 0 radical (unpaired) electrons. The minimum absolute atomic E-state index is 0.322. The van der Waals surface area contributed by atoms with Gasteiger partial charge in [-0.15, -0.1) is 0 Å². The summed E-state index contributed by atoms with van der Waals surface area (Å²) in [5, 5.41) is 1.20. The third-order valence-electron chi connectivity index (χ3n) is 4.47. The number of ether oxygens (including phenoxy) is 2. The van der Waals surface area contributed by atoms with E-state index in [1.54, 1.807) is 25.1 Å². The number of thioether (sulfide) groups is 1. The molecule has 2 aromatic carbocycles. The van der Waals surface area contributed by atoms with Gasteiger partial charge in [0.1, 0.15) is 5.82 Å². The molecule has 0 amide bonds. The first-order valence-electron chi connectivity index (χ1n) is 9.85. The van der Waals surface area contributed by atoms with Crippen molar-refractivity contribution in [3.63, 3.8) is 0 Å². The predicted octanol–water partition coefficient (Wildman–Crippen LogP) is 5.72. The second kappa shape index (κ2) is 10.8. The van der Waals surface area contributed by atoms with E-state index in [0.717, 1.165) is 34.7 Å². The highest BCUT2D eigenvalue weighted by molar-refractivity contribution is 7.98. The van der Waals surface area contributed by atoms with Gasteiger partial charge in [-0.3, -0.25) is 0 Å². The van der Waals surface area contributed by atoms with Crippen LogP contribution in [0.3, 0.4) is 0 Å². The maximum absolute atomic E-state index is 13.3. The lowest BCUT2D eigenvalue weighted by Gasteiger charge is -2.10. The summed E-state index contributed by atoms with van der Waals surface area (Å²) in [7, 11) is 0. The number of carbonyl (C=O) groups excluding carboxylic acids is 1. The molecule has 0 saturated carbocycles. The van der Waals surface area contributed by atoms with Gasteiger partial charge in [0.05, 0.1) is 23.2 Å². The lowest BCUT2D eigenvalue weighted by Crippen LogP contribution is -2.05. The predicted molar refractivity (Wildman–Crippen MR) is 118 cm³/mol. The number of benzene rings is 2. The molecule has 160 valence electrons. The maximum Gasteiger partial charge on any atom is 0.338 e. The molecule has 0 fully saturated rings. The molecule has 5 nitrogen and oxygen atoms in total. The van der Waals surface area contributed by atoms with E-state index in [1.165, 1.54) is 23.9 Å². The molecule has 3 rings (SSSR count). The van der Waals surface area contributed by atoms with Crippen LogP contribution in [0.5, 0.6) is 0 Å². The summed E-state index contributed by atoms with van der Waals surface area (Å²) in [6.45, 7) is 6.14. The second-order valence-electron chi connectivity index (χ2n) is 6.54. The molecule has 1 heterocycles. The van der Waals surface area contributed by atoms with Crippen molar-refractivity contribution >= 4 is 40.4 Å². The second-order valence-corrected chi connectivity index (χ2v) is 7.89. The van der Waals surface area contributed by atoms with E-state index in [1.807, 2.05) is 13.0 Å². The zero-order valence-electron chi connectivity index (χ0n) is 17.0. The lowest BCUT2D eigenvalue weighted by atomic mass is 10.2. The smallest absolute Gasteiger partial charge is 0.338 e. The molecule has 0 bridgehead atoms. The van der Waals surface area contributed by atoms with Gasteiger partial charge in [0.25, 0.3) is 0 Å².